The number of Topliss-reactive ketones (excluding diaryl/α,β-unsaturated/α-hetero) is 1. The van der Waals surface area contributed by atoms with E-state index in [0.29, 0.717) is 23.2 Å². The van der Waals surface area contributed by atoms with Crippen LogP contribution in [0.3, 0.4) is 0 Å². The number of amides is 1. The Morgan fingerprint density at radius 3 is 2.70 bits per heavy atom. The highest BCUT2D eigenvalue weighted by molar-refractivity contribution is 6.02. The van der Waals surface area contributed by atoms with Crippen LogP contribution in [0.2, 0.25) is 0 Å². The fourth-order valence-corrected chi connectivity index (χ4v) is 2.78. The minimum atomic E-state index is -0.559. The average molecular weight is 365 g/mol. The molecular formula is C19H19N5O3. The Morgan fingerprint density at radius 2 is 2.04 bits per heavy atom. The molecule has 0 atom stereocenters. The standard InChI is InChI=1S/C19H19N5O3/c1-3-14-16(18(26)21-11-15(25)12-7-5-4-6-8-12)23-17-13(9-20-2)10-22-24(17)19(14)27/h4-10,22H,3,11H2,1-2H3,(H,21,26). The number of aliphatic imine (C=N–C) groups is 1. The summed E-state index contributed by atoms with van der Waals surface area (Å²) in [5, 5.41) is 5.38. The van der Waals surface area contributed by atoms with Crippen molar-refractivity contribution in [3.05, 3.63) is 69.3 Å². The molecule has 1 amide bonds. The van der Waals surface area contributed by atoms with Gasteiger partial charge in [-0.05, 0) is 6.42 Å². The van der Waals surface area contributed by atoms with E-state index >= 15 is 0 Å². The van der Waals surface area contributed by atoms with Crippen LogP contribution >= 0.6 is 0 Å². The number of hydrogen-bond acceptors (Lipinski definition) is 5. The van der Waals surface area contributed by atoms with Gasteiger partial charge in [0.2, 0.25) is 0 Å². The van der Waals surface area contributed by atoms with Crippen molar-refractivity contribution in [2.75, 3.05) is 13.6 Å². The van der Waals surface area contributed by atoms with Gasteiger partial charge >= 0.3 is 0 Å². The van der Waals surface area contributed by atoms with E-state index in [9.17, 15) is 14.4 Å². The van der Waals surface area contributed by atoms with Gasteiger partial charge in [0, 0.05) is 25.0 Å². The largest absolute Gasteiger partial charge is 0.343 e. The Morgan fingerprint density at radius 1 is 1.30 bits per heavy atom. The summed E-state index contributed by atoms with van der Waals surface area (Å²) >= 11 is 0. The zero-order valence-electron chi connectivity index (χ0n) is 15.0. The number of carbonyl (C=O) groups is 2. The Balaban J connectivity index is 1.92. The maximum atomic E-state index is 12.7. The van der Waals surface area contributed by atoms with Gasteiger partial charge in [-0.3, -0.25) is 24.5 Å². The lowest BCUT2D eigenvalue weighted by Gasteiger charge is -2.08. The Kier molecular flexibility index (Phi) is 5.25. The van der Waals surface area contributed by atoms with E-state index in [-0.39, 0.29) is 29.1 Å². The lowest BCUT2D eigenvalue weighted by Crippen LogP contribution is -2.34. The van der Waals surface area contributed by atoms with Crippen molar-refractivity contribution in [2.45, 2.75) is 13.3 Å². The number of aromatic nitrogens is 3. The van der Waals surface area contributed by atoms with Crippen molar-refractivity contribution in [3.8, 4) is 0 Å². The quantitative estimate of drug-likeness (QED) is 0.506. The summed E-state index contributed by atoms with van der Waals surface area (Å²) in [4.78, 5) is 45.8. The molecule has 0 aliphatic carbocycles. The summed E-state index contributed by atoms with van der Waals surface area (Å²) in [5.41, 5.74) is 1.35. The number of aromatic amines is 1. The van der Waals surface area contributed by atoms with Gasteiger partial charge in [0.1, 0.15) is 5.69 Å². The second kappa shape index (κ2) is 7.77. The fraction of sp³-hybridized carbons (Fsp3) is 0.211. The zero-order valence-corrected chi connectivity index (χ0v) is 15.0. The third kappa shape index (κ3) is 3.55. The number of hydrogen-bond donors (Lipinski definition) is 2. The molecule has 0 bridgehead atoms. The second-order valence-electron chi connectivity index (χ2n) is 5.84. The normalized spacial score (nSPS) is 11.2. The molecule has 0 radical (unpaired) electrons. The molecule has 3 aromatic rings. The Bertz CT molecular complexity index is 1080. The molecular weight excluding hydrogens is 346 g/mol. The first-order valence-electron chi connectivity index (χ1n) is 8.48. The molecule has 8 nitrogen and oxygen atoms in total. The van der Waals surface area contributed by atoms with Crippen molar-refractivity contribution in [3.63, 3.8) is 0 Å². The van der Waals surface area contributed by atoms with Crippen molar-refractivity contribution in [2.24, 2.45) is 4.99 Å². The molecule has 1 aromatic carbocycles. The van der Waals surface area contributed by atoms with Crippen molar-refractivity contribution < 1.29 is 9.59 Å². The zero-order chi connectivity index (χ0) is 19.4. The van der Waals surface area contributed by atoms with Crippen molar-refractivity contribution in [1.29, 1.82) is 0 Å². The van der Waals surface area contributed by atoms with Crippen molar-refractivity contribution >= 4 is 23.6 Å². The number of fused-ring (bicyclic) bond motifs is 1. The van der Waals surface area contributed by atoms with Crippen LogP contribution in [-0.4, -0.2) is 46.1 Å². The summed E-state index contributed by atoms with van der Waals surface area (Å²) in [6.07, 6.45) is 3.47. The topological polar surface area (TPSA) is 109 Å². The molecule has 2 aromatic heterocycles. The highest BCUT2D eigenvalue weighted by Crippen LogP contribution is 2.09. The number of benzene rings is 1. The predicted molar refractivity (Wildman–Crippen MR) is 102 cm³/mol. The molecule has 0 saturated heterocycles. The minimum Gasteiger partial charge on any atom is -0.343 e. The van der Waals surface area contributed by atoms with Gasteiger partial charge in [0.15, 0.2) is 11.4 Å². The molecule has 0 saturated carbocycles. The number of nitrogens with one attached hydrogen (secondary N) is 2. The second-order valence-corrected chi connectivity index (χ2v) is 5.84. The smallest absolute Gasteiger partial charge is 0.276 e. The summed E-state index contributed by atoms with van der Waals surface area (Å²) in [5.74, 6) is -0.781. The molecule has 2 heterocycles. The van der Waals surface area contributed by atoms with E-state index < -0.39 is 5.91 Å². The first-order chi connectivity index (χ1) is 13.1. The highest BCUT2D eigenvalue weighted by Gasteiger charge is 2.20. The molecule has 0 aliphatic heterocycles. The van der Waals surface area contributed by atoms with Gasteiger partial charge in [0.25, 0.3) is 11.5 Å². The molecule has 3 rings (SSSR count). The van der Waals surface area contributed by atoms with Gasteiger partial charge < -0.3 is 5.32 Å². The van der Waals surface area contributed by atoms with E-state index in [1.54, 1.807) is 50.6 Å². The van der Waals surface area contributed by atoms with E-state index in [0.717, 1.165) is 0 Å². The minimum absolute atomic E-state index is 0.0220. The molecule has 138 valence electrons. The number of ketones is 1. The van der Waals surface area contributed by atoms with Crippen LogP contribution < -0.4 is 10.9 Å². The van der Waals surface area contributed by atoms with Crippen LogP contribution in [0.5, 0.6) is 0 Å². The maximum Gasteiger partial charge on any atom is 0.276 e. The van der Waals surface area contributed by atoms with Gasteiger partial charge in [-0.1, -0.05) is 37.3 Å². The lowest BCUT2D eigenvalue weighted by atomic mass is 10.1. The van der Waals surface area contributed by atoms with E-state index in [1.165, 1.54) is 4.52 Å². The Labute approximate surface area is 154 Å². The molecule has 27 heavy (non-hydrogen) atoms. The monoisotopic (exact) mass is 365 g/mol. The van der Waals surface area contributed by atoms with Crippen LogP contribution in [0.4, 0.5) is 0 Å². The predicted octanol–water partition coefficient (Wildman–Crippen LogP) is 1.25. The number of rotatable bonds is 6. The molecule has 8 heteroatoms. The van der Waals surface area contributed by atoms with Crippen LogP contribution in [0, 0.1) is 0 Å². The first-order valence-corrected chi connectivity index (χ1v) is 8.48. The highest BCUT2D eigenvalue weighted by atomic mass is 16.2. The summed E-state index contributed by atoms with van der Waals surface area (Å²) < 4.78 is 1.28. The average Bonchev–Trinajstić information content (AvgIpc) is 3.10. The SMILES string of the molecule is CCc1c(C(=O)NCC(=O)c2ccccc2)nc2c(C=NC)c[nH]n2c1=O. The summed E-state index contributed by atoms with van der Waals surface area (Å²) in [6.45, 7) is 1.59. The van der Waals surface area contributed by atoms with Gasteiger partial charge in [-0.15, -0.1) is 0 Å². The number of H-pyrrole nitrogens is 1. The van der Waals surface area contributed by atoms with Gasteiger partial charge in [-0.2, -0.15) is 0 Å². The van der Waals surface area contributed by atoms with Crippen LogP contribution in [-0.2, 0) is 6.42 Å². The van der Waals surface area contributed by atoms with Crippen LogP contribution in [0.15, 0.2) is 46.3 Å². The molecule has 0 fully saturated rings. The molecule has 0 spiro atoms. The molecule has 0 unspecified atom stereocenters. The number of carbonyl (C=O) groups excluding carboxylic acids is 2. The van der Waals surface area contributed by atoms with Crippen LogP contribution in [0.1, 0.15) is 38.9 Å². The third-order valence-electron chi connectivity index (χ3n) is 4.13. The van der Waals surface area contributed by atoms with E-state index in [4.69, 9.17) is 0 Å². The first kappa shape index (κ1) is 18.2. The van der Waals surface area contributed by atoms with E-state index in [1.807, 2.05) is 6.07 Å². The fourth-order valence-electron chi connectivity index (χ4n) is 2.78. The molecule has 0 aliphatic rings. The summed E-state index contributed by atoms with van der Waals surface area (Å²) in [7, 11) is 1.60. The summed E-state index contributed by atoms with van der Waals surface area (Å²) in [6, 6.07) is 8.67. The van der Waals surface area contributed by atoms with Crippen molar-refractivity contribution in [1.82, 2.24) is 19.9 Å². The number of nitrogens with zero attached hydrogens (tertiary/aromatic N) is 3. The van der Waals surface area contributed by atoms with Gasteiger partial charge in [0.05, 0.1) is 17.7 Å². The molecule has 2 N–H and O–H groups in total. The lowest BCUT2D eigenvalue weighted by molar-refractivity contribution is 0.0900. The van der Waals surface area contributed by atoms with Crippen LogP contribution in [0.25, 0.3) is 5.65 Å². The van der Waals surface area contributed by atoms with Gasteiger partial charge in [-0.25, -0.2) is 9.50 Å². The third-order valence-corrected chi connectivity index (χ3v) is 4.13. The van der Waals surface area contributed by atoms with E-state index in [2.05, 4.69) is 20.4 Å². The maximum absolute atomic E-state index is 12.7. The Hall–Kier alpha value is -3.55.